The number of amides is 3. The molecule has 1 aliphatic carbocycles. The van der Waals surface area contributed by atoms with Crippen LogP contribution in [0.4, 0.5) is 16.2 Å². The number of rotatable bonds is 6. The van der Waals surface area contributed by atoms with Gasteiger partial charge in [0.25, 0.3) is 5.91 Å². The maximum atomic E-state index is 12.6. The van der Waals surface area contributed by atoms with Gasteiger partial charge in [-0.15, -0.1) is 11.3 Å². The van der Waals surface area contributed by atoms with Gasteiger partial charge in [-0.1, -0.05) is 11.6 Å². The zero-order chi connectivity index (χ0) is 22.9. The van der Waals surface area contributed by atoms with Crippen molar-refractivity contribution in [3.63, 3.8) is 0 Å². The Hall–Kier alpha value is -2.62. The molecule has 3 amide bonds. The van der Waals surface area contributed by atoms with Crippen LogP contribution in [0, 0.1) is 0 Å². The van der Waals surface area contributed by atoms with Crippen LogP contribution in [0.3, 0.4) is 0 Å². The molecule has 0 unspecified atom stereocenters. The molecule has 10 heteroatoms. The SMILES string of the molecule is O=C(NC[C@H]1CN(c2ccc(N3CCOCCC3=O)c(C3CC3)c2)C(=O)O1)c1ccc(Cl)s1. The van der Waals surface area contributed by atoms with E-state index < -0.39 is 12.2 Å². The largest absolute Gasteiger partial charge is 0.442 e. The molecule has 1 aromatic carbocycles. The van der Waals surface area contributed by atoms with E-state index in [9.17, 15) is 14.4 Å². The number of nitrogens with one attached hydrogen (secondary N) is 1. The standard InChI is InChI=1S/C23H24ClN3O5S/c24-20-6-5-19(33-20)22(29)25-12-16-13-27(23(30)32-16)15-3-4-18(17(11-15)14-1-2-14)26-8-10-31-9-7-21(26)28/h3-6,11,14,16H,1-2,7-10,12-13H2,(H,25,29)/t16-/m0/s1. The summed E-state index contributed by atoms with van der Waals surface area (Å²) >= 11 is 7.09. The van der Waals surface area contributed by atoms with Gasteiger partial charge in [-0.2, -0.15) is 0 Å². The first-order chi connectivity index (χ1) is 16.0. The molecule has 33 heavy (non-hydrogen) atoms. The van der Waals surface area contributed by atoms with Crippen molar-refractivity contribution in [3.05, 3.63) is 45.1 Å². The van der Waals surface area contributed by atoms with Crippen molar-refractivity contribution in [2.45, 2.75) is 31.3 Å². The van der Waals surface area contributed by atoms with Gasteiger partial charge in [0.2, 0.25) is 5.91 Å². The molecule has 0 bridgehead atoms. The minimum atomic E-state index is -0.453. The van der Waals surface area contributed by atoms with Gasteiger partial charge >= 0.3 is 6.09 Å². The van der Waals surface area contributed by atoms with E-state index in [2.05, 4.69) is 5.32 Å². The molecule has 2 aromatic rings. The third kappa shape index (κ3) is 4.85. The normalized spacial score (nSPS) is 21.2. The van der Waals surface area contributed by atoms with E-state index in [0.717, 1.165) is 29.8 Å². The van der Waals surface area contributed by atoms with E-state index in [1.54, 1.807) is 17.0 Å². The topological polar surface area (TPSA) is 88.2 Å². The second-order valence-electron chi connectivity index (χ2n) is 8.36. The number of halogens is 1. The molecular formula is C23H24ClN3O5S. The first kappa shape index (κ1) is 22.2. The molecule has 0 spiro atoms. The summed E-state index contributed by atoms with van der Waals surface area (Å²) in [6.45, 7) is 2.04. The van der Waals surface area contributed by atoms with Crippen LogP contribution in [0.25, 0.3) is 0 Å². The highest BCUT2D eigenvalue weighted by molar-refractivity contribution is 7.18. The highest BCUT2D eigenvalue weighted by atomic mass is 35.5. The number of nitrogens with zero attached hydrogens (tertiary/aromatic N) is 2. The molecule has 1 N–H and O–H groups in total. The van der Waals surface area contributed by atoms with Crippen molar-refractivity contribution in [1.82, 2.24) is 5.32 Å². The van der Waals surface area contributed by atoms with Crippen LogP contribution in [0.5, 0.6) is 0 Å². The Labute approximate surface area is 200 Å². The molecule has 5 rings (SSSR count). The van der Waals surface area contributed by atoms with Crippen molar-refractivity contribution in [2.24, 2.45) is 0 Å². The Morgan fingerprint density at radius 2 is 2.00 bits per heavy atom. The van der Waals surface area contributed by atoms with Gasteiger partial charge in [-0.25, -0.2) is 4.79 Å². The van der Waals surface area contributed by atoms with E-state index >= 15 is 0 Å². The number of hydrogen-bond donors (Lipinski definition) is 1. The smallest absolute Gasteiger partial charge is 0.414 e. The minimum absolute atomic E-state index is 0.0607. The van der Waals surface area contributed by atoms with Crippen molar-refractivity contribution < 1.29 is 23.9 Å². The van der Waals surface area contributed by atoms with Crippen LogP contribution in [0.2, 0.25) is 4.34 Å². The fraction of sp³-hybridized carbons (Fsp3) is 0.435. The van der Waals surface area contributed by atoms with E-state index in [-0.39, 0.29) is 18.4 Å². The number of cyclic esters (lactones) is 1. The lowest BCUT2D eigenvalue weighted by Gasteiger charge is -2.25. The lowest BCUT2D eigenvalue weighted by Crippen LogP contribution is -2.34. The lowest BCUT2D eigenvalue weighted by atomic mass is 10.0. The van der Waals surface area contributed by atoms with Gasteiger partial charge in [0.1, 0.15) is 6.10 Å². The summed E-state index contributed by atoms with van der Waals surface area (Å²) < 4.78 is 11.5. The molecule has 174 valence electrons. The molecule has 2 saturated heterocycles. The summed E-state index contributed by atoms with van der Waals surface area (Å²) in [5.74, 6) is 0.210. The predicted octanol–water partition coefficient (Wildman–Crippen LogP) is 3.79. The van der Waals surface area contributed by atoms with Crippen molar-refractivity contribution >= 4 is 52.2 Å². The first-order valence-corrected chi connectivity index (χ1v) is 12.2. The van der Waals surface area contributed by atoms with Gasteiger partial charge in [-0.05, 0) is 54.7 Å². The maximum Gasteiger partial charge on any atom is 0.414 e. The molecule has 8 nitrogen and oxygen atoms in total. The third-order valence-electron chi connectivity index (χ3n) is 6.01. The van der Waals surface area contributed by atoms with Crippen LogP contribution in [-0.2, 0) is 14.3 Å². The fourth-order valence-electron chi connectivity index (χ4n) is 4.18. The summed E-state index contributed by atoms with van der Waals surface area (Å²) in [6, 6.07) is 9.12. The van der Waals surface area contributed by atoms with Crippen molar-refractivity contribution in [2.75, 3.05) is 42.6 Å². The van der Waals surface area contributed by atoms with Crippen LogP contribution in [-0.4, -0.2) is 56.9 Å². The molecule has 1 saturated carbocycles. The zero-order valence-electron chi connectivity index (χ0n) is 17.9. The van der Waals surface area contributed by atoms with Crippen molar-refractivity contribution in [1.29, 1.82) is 0 Å². The monoisotopic (exact) mass is 489 g/mol. The number of thiophene rings is 1. The second kappa shape index (κ2) is 9.32. The fourth-order valence-corrected chi connectivity index (χ4v) is 5.14. The Bertz CT molecular complexity index is 1090. The Kier molecular flexibility index (Phi) is 6.27. The number of ether oxygens (including phenoxy) is 2. The highest BCUT2D eigenvalue weighted by Crippen LogP contribution is 2.46. The molecule has 0 radical (unpaired) electrons. The van der Waals surface area contributed by atoms with Gasteiger partial charge in [0.15, 0.2) is 0 Å². The number of carbonyl (C=O) groups is 3. The Morgan fingerprint density at radius 3 is 2.76 bits per heavy atom. The van der Waals surface area contributed by atoms with Crippen LogP contribution in [0.15, 0.2) is 30.3 Å². The quantitative estimate of drug-likeness (QED) is 0.667. The van der Waals surface area contributed by atoms with Crippen LogP contribution >= 0.6 is 22.9 Å². The number of benzene rings is 1. The van der Waals surface area contributed by atoms with Gasteiger partial charge < -0.3 is 19.7 Å². The Balaban J connectivity index is 1.29. The second-order valence-corrected chi connectivity index (χ2v) is 10.1. The number of carbonyl (C=O) groups excluding carboxylic acids is 3. The molecule has 3 heterocycles. The first-order valence-electron chi connectivity index (χ1n) is 11.0. The molecule has 2 aliphatic heterocycles. The van der Waals surface area contributed by atoms with Gasteiger partial charge in [-0.3, -0.25) is 14.5 Å². The van der Waals surface area contributed by atoms with E-state index in [0.29, 0.717) is 47.9 Å². The average molecular weight is 490 g/mol. The van der Waals surface area contributed by atoms with E-state index in [1.807, 2.05) is 23.1 Å². The summed E-state index contributed by atoms with van der Waals surface area (Å²) in [7, 11) is 0. The average Bonchev–Trinajstić information content (AvgIpc) is 3.51. The lowest BCUT2D eigenvalue weighted by molar-refractivity contribution is -0.118. The van der Waals surface area contributed by atoms with Gasteiger partial charge in [0, 0.05) is 17.9 Å². The van der Waals surface area contributed by atoms with Crippen LogP contribution < -0.4 is 15.1 Å². The third-order valence-corrected chi connectivity index (χ3v) is 7.24. The highest BCUT2D eigenvalue weighted by Gasteiger charge is 2.35. The maximum absolute atomic E-state index is 12.6. The van der Waals surface area contributed by atoms with E-state index in [1.165, 1.54) is 11.3 Å². The predicted molar refractivity (Wildman–Crippen MR) is 125 cm³/mol. The summed E-state index contributed by atoms with van der Waals surface area (Å²) in [4.78, 5) is 41.3. The van der Waals surface area contributed by atoms with Crippen molar-refractivity contribution in [3.8, 4) is 0 Å². The summed E-state index contributed by atoms with van der Waals surface area (Å²) in [5.41, 5.74) is 2.73. The zero-order valence-corrected chi connectivity index (χ0v) is 19.5. The number of hydrogen-bond acceptors (Lipinski definition) is 6. The van der Waals surface area contributed by atoms with E-state index in [4.69, 9.17) is 21.1 Å². The molecule has 1 atom stereocenters. The summed E-state index contributed by atoms with van der Waals surface area (Å²) in [6.07, 6.45) is 1.62. The Morgan fingerprint density at radius 1 is 1.15 bits per heavy atom. The van der Waals surface area contributed by atoms with Gasteiger partial charge in [0.05, 0.1) is 41.9 Å². The molecule has 3 fully saturated rings. The molecule has 1 aromatic heterocycles. The number of anilines is 2. The molecule has 3 aliphatic rings. The summed E-state index contributed by atoms with van der Waals surface area (Å²) in [5, 5.41) is 2.80. The molecular weight excluding hydrogens is 466 g/mol. The van der Waals surface area contributed by atoms with Crippen LogP contribution in [0.1, 0.15) is 40.4 Å². The minimum Gasteiger partial charge on any atom is -0.442 e.